The summed E-state index contributed by atoms with van der Waals surface area (Å²) in [5, 5.41) is 23.1. The number of nitrogens with zero attached hydrogens (tertiary/aromatic N) is 6. The van der Waals surface area contributed by atoms with E-state index in [0.29, 0.717) is 29.9 Å². The van der Waals surface area contributed by atoms with Gasteiger partial charge in [-0.2, -0.15) is 4.80 Å². The summed E-state index contributed by atoms with van der Waals surface area (Å²) in [6, 6.07) is 3.42. The van der Waals surface area contributed by atoms with E-state index in [4.69, 9.17) is 4.74 Å². The standard InChI is InChI=1S/C23H32N6O3/c1-3-8-20-21(11-10-19(18(2)30)23(20)31)32-16-6-4-5-9-22-25-27-29(26-22)14-7-13-28-15-12-24-17-28/h10-12,15,17,31H,3-9,13-14,16H2,1-2H3. The molecular weight excluding hydrogens is 408 g/mol. The molecule has 1 N–H and O–H groups in total. The first-order valence-corrected chi connectivity index (χ1v) is 11.3. The van der Waals surface area contributed by atoms with E-state index >= 15 is 0 Å². The largest absolute Gasteiger partial charge is 0.507 e. The first-order valence-electron chi connectivity index (χ1n) is 11.3. The van der Waals surface area contributed by atoms with Crippen molar-refractivity contribution in [1.29, 1.82) is 0 Å². The number of phenols is 1. The highest BCUT2D eigenvalue weighted by Crippen LogP contribution is 2.33. The van der Waals surface area contributed by atoms with E-state index in [-0.39, 0.29) is 11.5 Å². The lowest BCUT2D eigenvalue weighted by atomic mass is 10.0. The van der Waals surface area contributed by atoms with Gasteiger partial charge in [0.05, 0.1) is 25.0 Å². The van der Waals surface area contributed by atoms with Crippen molar-refractivity contribution in [2.75, 3.05) is 6.61 Å². The maximum atomic E-state index is 11.7. The van der Waals surface area contributed by atoms with Crippen LogP contribution in [-0.2, 0) is 25.9 Å². The third-order valence-corrected chi connectivity index (χ3v) is 5.25. The summed E-state index contributed by atoms with van der Waals surface area (Å²) in [5.41, 5.74) is 1.07. The van der Waals surface area contributed by atoms with Gasteiger partial charge in [0.25, 0.3) is 0 Å². The number of benzene rings is 1. The summed E-state index contributed by atoms with van der Waals surface area (Å²) >= 11 is 0. The molecule has 0 atom stereocenters. The molecule has 0 unspecified atom stereocenters. The van der Waals surface area contributed by atoms with Gasteiger partial charge in [0.1, 0.15) is 11.5 Å². The van der Waals surface area contributed by atoms with Crippen molar-refractivity contribution in [3.63, 3.8) is 0 Å². The predicted octanol–water partition coefficient (Wildman–Crippen LogP) is 3.61. The van der Waals surface area contributed by atoms with Crippen LogP contribution in [0.1, 0.15) is 67.7 Å². The average molecular weight is 441 g/mol. The fraction of sp³-hybridized carbons (Fsp3) is 0.522. The normalized spacial score (nSPS) is 11.1. The highest BCUT2D eigenvalue weighted by molar-refractivity contribution is 5.97. The topological polar surface area (TPSA) is 108 Å². The molecule has 2 aromatic heterocycles. The third kappa shape index (κ3) is 6.63. The summed E-state index contributed by atoms with van der Waals surface area (Å²) in [7, 11) is 0. The van der Waals surface area contributed by atoms with E-state index in [1.54, 1.807) is 29.5 Å². The highest BCUT2D eigenvalue weighted by atomic mass is 16.5. The number of Topliss-reactive ketones (excluding diaryl/α,β-unsaturated/α-hetero) is 1. The van der Waals surface area contributed by atoms with Gasteiger partial charge in [-0.3, -0.25) is 4.79 Å². The molecule has 0 saturated heterocycles. The van der Waals surface area contributed by atoms with Crippen LogP contribution in [0.5, 0.6) is 11.5 Å². The second-order valence-corrected chi connectivity index (χ2v) is 7.86. The molecule has 172 valence electrons. The Kier molecular flexibility index (Phi) is 8.77. The highest BCUT2D eigenvalue weighted by Gasteiger charge is 2.15. The van der Waals surface area contributed by atoms with Gasteiger partial charge in [-0.1, -0.05) is 13.3 Å². The molecule has 9 heteroatoms. The fourth-order valence-electron chi connectivity index (χ4n) is 3.56. The number of rotatable bonds is 14. The second kappa shape index (κ2) is 12.0. The van der Waals surface area contributed by atoms with E-state index in [9.17, 15) is 9.90 Å². The van der Waals surface area contributed by atoms with Crippen LogP contribution in [0, 0.1) is 0 Å². The van der Waals surface area contributed by atoms with Gasteiger partial charge in [0.2, 0.25) is 0 Å². The minimum atomic E-state index is -0.143. The molecule has 2 heterocycles. The summed E-state index contributed by atoms with van der Waals surface area (Å²) < 4.78 is 7.94. The number of ether oxygens (including phenoxy) is 1. The van der Waals surface area contributed by atoms with E-state index in [1.165, 1.54) is 6.92 Å². The van der Waals surface area contributed by atoms with Crippen LogP contribution in [0.4, 0.5) is 0 Å². The van der Waals surface area contributed by atoms with Crippen molar-refractivity contribution < 1.29 is 14.6 Å². The van der Waals surface area contributed by atoms with Gasteiger partial charge >= 0.3 is 0 Å². The van der Waals surface area contributed by atoms with Crippen LogP contribution in [-0.4, -0.2) is 47.3 Å². The predicted molar refractivity (Wildman–Crippen MR) is 120 cm³/mol. The van der Waals surface area contributed by atoms with Crippen molar-refractivity contribution in [1.82, 2.24) is 29.8 Å². The van der Waals surface area contributed by atoms with Gasteiger partial charge in [-0.25, -0.2) is 4.98 Å². The number of phenolic OH excluding ortho intramolecular Hbond substituents is 1. The number of imidazole rings is 1. The zero-order chi connectivity index (χ0) is 22.8. The van der Waals surface area contributed by atoms with E-state index in [0.717, 1.165) is 57.4 Å². The molecule has 0 fully saturated rings. The first-order chi connectivity index (χ1) is 15.6. The lowest BCUT2D eigenvalue weighted by molar-refractivity contribution is 0.101. The van der Waals surface area contributed by atoms with Gasteiger partial charge in [-0.05, 0) is 56.4 Å². The number of carbonyl (C=O) groups is 1. The Balaban J connectivity index is 1.36. The number of hydrogen-bond donors (Lipinski definition) is 1. The third-order valence-electron chi connectivity index (χ3n) is 5.25. The molecule has 0 spiro atoms. The van der Waals surface area contributed by atoms with Gasteiger partial charge in [0.15, 0.2) is 11.6 Å². The first kappa shape index (κ1) is 23.4. The molecule has 3 aromatic rings. The van der Waals surface area contributed by atoms with Crippen molar-refractivity contribution in [2.45, 2.75) is 71.9 Å². The maximum Gasteiger partial charge on any atom is 0.174 e. The zero-order valence-corrected chi connectivity index (χ0v) is 18.9. The molecule has 0 bridgehead atoms. The van der Waals surface area contributed by atoms with E-state index < -0.39 is 0 Å². The quantitative estimate of drug-likeness (QED) is 0.301. The Morgan fingerprint density at radius 1 is 1.12 bits per heavy atom. The molecule has 0 saturated carbocycles. The minimum Gasteiger partial charge on any atom is -0.507 e. The van der Waals surface area contributed by atoms with E-state index in [1.807, 2.05) is 17.7 Å². The number of unbranched alkanes of at least 4 members (excludes halogenated alkanes) is 2. The number of aromatic hydroxyl groups is 1. The molecular formula is C23H32N6O3. The molecule has 0 amide bonds. The molecule has 0 aliphatic carbocycles. The minimum absolute atomic E-state index is 0.0519. The van der Waals surface area contributed by atoms with Crippen molar-refractivity contribution >= 4 is 5.78 Å². The second-order valence-electron chi connectivity index (χ2n) is 7.86. The Morgan fingerprint density at radius 3 is 2.75 bits per heavy atom. The molecule has 3 rings (SSSR count). The smallest absolute Gasteiger partial charge is 0.174 e. The number of hydrogen-bond acceptors (Lipinski definition) is 7. The Labute approximate surface area is 188 Å². The average Bonchev–Trinajstić information content (AvgIpc) is 3.45. The van der Waals surface area contributed by atoms with Gasteiger partial charge in [0, 0.05) is 30.9 Å². The van der Waals surface area contributed by atoms with Crippen molar-refractivity contribution in [3.05, 3.63) is 47.8 Å². The van der Waals surface area contributed by atoms with Crippen molar-refractivity contribution in [2.24, 2.45) is 0 Å². The molecule has 32 heavy (non-hydrogen) atoms. The zero-order valence-electron chi connectivity index (χ0n) is 18.9. The molecule has 0 aliphatic heterocycles. The molecule has 9 nitrogen and oxygen atoms in total. The SMILES string of the molecule is CCCc1c(OCCCCCc2nnn(CCCn3ccnc3)n2)ccc(C(C)=O)c1O. The maximum absolute atomic E-state index is 11.7. The van der Waals surface area contributed by atoms with Crippen LogP contribution in [0.2, 0.25) is 0 Å². The lowest BCUT2D eigenvalue weighted by Gasteiger charge is -2.14. The number of tetrazole rings is 1. The van der Waals surface area contributed by atoms with E-state index in [2.05, 4.69) is 20.4 Å². The summed E-state index contributed by atoms with van der Waals surface area (Å²) in [4.78, 5) is 17.3. The summed E-state index contributed by atoms with van der Waals surface area (Å²) in [6.45, 7) is 5.66. The van der Waals surface area contributed by atoms with Crippen LogP contribution in [0.15, 0.2) is 30.9 Å². The van der Waals surface area contributed by atoms with Crippen LogP contribution < -0.4 is 4.74 Å². The lowest BCUT2D eigenvalue weighted by Crippen LogP contribution is -2.06. The van der Waals surface area contributed by atoms with Gasteiger partial charge in [-0.15, -0.1) is 10.2 Å². The molecule has 0 aliphatic rings. The number of ketones is 1. The summed E-state index contributed by atoms with van der Waals surface area (Å²) in [5.74, 6) is 1.34. The number of aromatic nitrogens is 6. The van der Waals surface area contributed by atoms with Crippen LogP contribution in [0.3, 0.4) is 0 Å². The summed E-state index contributed by atoms with van der Waals surface area (Å²) in [6.07, 6.45) is 11.6. The van der Waals surface area contributed by atoms with Crippen LogP contribution in [0.25, 0.3) is 0 Å². The molecule has 1 aromatic carbocycles. The Morgan fingerprint density at radius 2 is 2.00 bits per heavy atom. The van der Waals surface area contributed by atoms with Crippen molar-refractivity contribution in [3.8, 4) is 11.5 Å². The number of carbonyl (C=O) groups excluding carboxylic acids is 1. The number of aryl methyl sites for hydroxylation is 3. The van der Waals surface area contributed by atoms with Crippen LogP contribution >= 0.6 is 0 Å². The Bertz CT molecular complexity index is 984. The fourth-order valence-corrected chi connectivity index (χ4v) is 3.56. The Hall–Kier alpha value is -3.23. The van der Waals surface area contributed by atoms with Gasteiger partial charge < -0.3 is 14.4 Å². The molecule has 0 radical (unpaired) electrons. The monoisotopic (exact) mass is 440 g/mol.